The Bertz CT molecular complexity index is 1050. The van der Waals surface area contributed by atoms with Crippen molar-refractivity contribution in [3.05, 3.63) is 64.7 Å². The molecule has 0 saturated heterocycles. The minimum atomic E-state index is -1.89. The summed E-state index contributed by atoms with van der Waals surface area (Å²) in [7, 11) is -1.69. The van der Waals surface area contributed by atoms with E-state index in [4.69, 9.17) is 8.85 Å². The van der Waals surface area contributed by atoms with Crippen LogP contribution in [0.3, 0.4) is 0 Å². The van der Waals surface area contributed by atoms with Gasteiger partial charge in [0.15, 0.2) is 22.4 Å². The third-order valence-electron chi connectivity index (χ3n) is 8.17. The normalized spacial score (nSPS) is 13.1. The zero-order valence-electron chi connectivity index (χ0n) is 24.8. The van der Waals surface area contributed by atoms with E-state index in [-0.39, 0.29) is 15.9 Å². The van der Waals surface area contributed by atoms with Crippen molar-refractivity contribution in [2.45, 2.75) is 104 Å². The van der Waals surface area contributed by atoms with Gasteiger partial charge in [-0.15, -0.1) is 0 Å². The number of nitrogens with zero attached hydrogens (tertiary/aromatic N) is 1. The first-order chi connectivity index (χ1) is 16.3. The SMILES string of the molecule is CC(=O)c1cccc(N(C)Cc2ccc(CO[Si](C)(C)C(C)(C)C)c(CO[Si](C)(C)C(C)(C)C)c2)c1. The van der Waals surface area contributed by atoms with Crippen LogP contribution in [0.5, 0.6) is 0 Å². The second-order valence-corrected chi connectivity index (χ2v) is 22.8. The first kappa shape index (κ1) is 30.5. The van der Waals surface area contributed by atoms with E-state index >= 15 is 0 Å². The summed E-state index contributed by atoms with van der Waals surface area (Å²) in [5.74, 6) is 0.0846. The van der Waals surface area contributed by atoms with Gasteiger partial charge in [-0.05, 0) is 72.0 Å². The van der Waals surface area contributed by atoms with Crippen molar-refractivity contribution >= 4 is 28.1 Å². The second-order valence-electron chi connectivity index (χ2n) is 13.2. The highest BCUT2D eigenvalue weighted by molar-refractivity contribution is 6.74. The molecule has 0 atom stereocenters. The predicted molar refractivity (Wildman–Crippen MR) is 159 cm³/mol. The van der Waals surface area contributed by atoms with Crippen LogP contribution in [0.1, 0.15) is 75.5 Å². The Morgan fingerprint density at radius 2 is 1.33 bits per heavy atom. The van der Waals surface area contributed by atoms with Crippen molar-refractivity contribution in [2.75, 3.05) is 11.9 Å². The summed E-state index contributed by atoms with van der Waals surface area (Å²) in [6.45, 7) is 26.5. The number of carbonyl (C=O) groups excluding carboxylic acids is 1. The van der Waals surface area contributed by atoms with Crippen LogP contribution in [0.4, 0.5) is 5.69 Å². The number of ketones is 1. The van der Waals surface area contributed by atoms with Crippen molar-refractivity contribution < 1.29 is 13.6 Å². The van der Waals surface area contributed by atoms with E-state index in [0.29, 0.717) is 13.2 Å². The molecule has 0 aliphatic heterocycles. The van der Waals surface area contributed by atoms with Gasteiger partial charge in [0.05, 0.1) is 13.2 Å². The molecule has 2 rings (SSSR count). The van der Waals surface area contributed by atoms with Crippen molar-refractivity contribution in [3.8, 4) is 0 Å². The Balaban J connectivity index is 2.32. The highest BCUT2D eigenvalue weighted by Crippen LogP contribution is 2.39. The van der Waals surface area contributed by atoms with Gasteiger partial charge in [-0.2, -0.15) is 0 Å². The van der Waals surface area contributed by atoms with Gasteiger partial charge < -0.3 is 13.8 Å². The molecule has 200 valence electrons. The molecule has 0 bridgehead atoms. The van der Waals surface area contributed by atoms with Crippen LogP contribution >= 0.6 is 0 Å². The highest BCUT2D eigenvalue weighted by atomic mass is 28.4. The van der Waals surface area contributed by atoms with Gasteiger partial charge in [-0.3, -0.25) is 4.79 Å². The molecule has 4 nitrogen and oxygen atoms in total. The van der Waals surface area contributed by atoms with Crippen LogP contribution in [0, 0.1) is 0 Å². The summed E-state index contributed by atoms with van der Waals surface area (Å²) < 4.78 is 13.2. The Morgan fingerprint density at radius 1 is 0.806 bits per heavy atom. The lowest BCUT2D eigenvalue weighted by molar-refractivity contribution is 0.101. The van der Waals surface area contributed by atoms with Crippen LogP contribution in [-0.2, 0) is 28.6 Å². The first-order valence-electron chi connectivity index (χ1n) is 13.0. The standard InChI is InChI=1S/C30H49NO3Si2/c1-23(32)25-14-13-15-28(19-25)31(8)20-24-16-17-26(21-33-35(9,10)29(2,3)4)27(18-24)22-34-36(11,12)30(5,6)7/h13-19H,20-22H2,1-12H3. The molecular weight excluding hydrogens is 479 g/mol. The Morgan fingerprint density at radius 3 is 1.83 bits per heavy atom. The zero-order valence-corrected chi connectivity index (χ0v) is 26.8. The molecule has 0 N–H and O–H groups in total. The molecule has 0 spiro atoms. The van der Waals surface area contributed by atoms with Crippen LogP contribution in [0.25, 0.3) is 0 Å². The summed E-state index contributed by atoms with van der Waals surface area (Å²) >= 11 is 0. The summed E-state index contributed by atoms with van der Waals surface area (Å²) in [4.78, 5) is 14.0. The van der Waals surface area contributed by atoms with Crippen molar-refractivity contribution in [1.82, 2.24) is 0 Å². The smallest absolute Gasteiger partial charge is 0.192 e. The van der Waals surface area contributed by atoms with Crippen LogP contribution in [0.2, 0.25) is 36.3 Å². The van der Waals surface area contributed by atoms with Crippen molar-refractivity contribution in [2.24, 2.45) is 0 Å². The van der Waals surface area contributed by atoms with Crippen molar-refractivity contribution in [1.29, 1.82) is 0 Å². The lowest BCUT2D eigenvalue weighted by atomic mass is 10.0. The molecule has 6 heteroatoms. The van der Waals surface area contributed by atoms with E-state index in [9.17, 15) is 4.79 Å². The summed E-state index contributed by atoms with van der Waals surface area (Å²) in [5.41, 5.74) is 5.41. The van der Waals surface area contributed by atoms with E-state index in [2.05, 4.69) is 104 Å². The molecule has 0 fully saturated rings. The fourth-order valence-corrected chi connectivity index (χ4v) is 5.23. The maximum atomic E-state index is 11.8. The second kappa shape index (κ2) is 11.3. The molecule has 2 aromatic carbocycles. The maximum Gasteiger partial charge on any atom is 0.192 e. The van der Waals surface area contributed by atoms with Gasteiger partial charge in [0.25, 0.3) is 0 Å². The lowest BCUT2D eigenvalue weighted by Gasteiger charge is -2.37. The molecule has 0 amide bonds. The number of hydrogen-bond donors (Lipinski definition) is 0. The van der Waals surface area contributed by atoms with Gasteiger partial charge in [0.1, 0.15) is 0 Å². The third-order valence-corrected chi connectivity index (χ3v) is 17.1. The van der Waals surface area contributed by atoms with E-state index in [1.165, 1.54) is 16.7 Å². The van der Waals surface area contributed by atoms with Gasteiger partial charge in [0, 0.05) is 24.8 Å². The van der Waals surface area contributed by atoms with E-state index in [1.807, 2.05) is 18.2 Å². The molecular formula is C30H49NO3Si2. The maximum absolute atomic E-state index is 11.8. The van der Waals surface area contributed by atoms with E-state index in [1.54, 1.807) is 6.92 Å². The zero-order chi connectivity index (χ0) is 27.5. The Labute approximate surface area is 222 Å². The molecule has 0 aliphatic carbocycles. The fraction of sp³-hybridized carbons (Fsp3) is 0.567. The monoisotopic (exact) mass is 527 g/mol. The quantitative estimate of drug-likeness (QED) is 0.229. The Hall–Kier alpha value is -1.74. The summed E-state index contributed by atoms with van der Waals surface area (Å²) in [6, 6.07) is 14.5. The Kier molecular flexibility index (Phi) is 9.60. The molecule has 0 saturated carbocycles. The average Bonchev–Trinajstić information content (AvgIpc) is 2.75. The molecule has 0 aliphatic rings. The first-order valence-corrected chi connectivity index (χ1v) is 18.9. The minimum absolute atomic E-state index is 0.0846. The van der Waals surface area contributed by atoms with Crippen LogP contribution in [-0.4, -0.2) is 29.5 Å². The minimum Gasteiger partial charge on any atom is -0.413 e. The van der Waals surface area contributed by atoms with Gasteiger partial charge in [-0.1, -0.05) is 71.9 Å². The number of anilines is 1. The topological polar surface area (TPSA) is 38.8 Å². The molecule has 0 aromatic heterocycles. The van der Waals surface area contributed by atoms with Crippen LogP contribution in [0.15, 0.2) is 42.5 Å². The third kappa shape index (κ3) is 7.88. The van der Waals surface area contributed by atoms with Crippen molar-refractivity contribution in [3.63, 3.8) is 0 Å². The van der Waals surface area contributed by atoms with E-state index in [0.717, 1.165) is 17.8 Å². The molecule has 0 heterocycles. The van der Waals surface area contributed by atoms with E-state index < -0.39 is 16.6 Å². The average molecular weight is 528 g/mol. The number of rotatable bonds is 10. The largest absolute Gasteiger partial charge is 0.413 e. The summed E-state index contributed by atoms with van der Waals surface area (Å²) in [5, 5.41) is 0.326. The fourth-order valence-electron chi connectivity index (χ4n) is 3.33. The molecule has 0 radical (unpaired) electrons. The highest BCUT2D eigenvalue weighted by Gasteiger charge is 2.38. The molecule has 2 aromatic rings. The summed E-state index contributed by atoms with van der Waals surface area (Å²) in [6.07, 6.45) is 0. The number of hydrogen-bond acceptors (Lipinski definition) is 4. The van der Waals surface area contributed by atoms with Gasteiger partial charge in [-0.25, -0.2) is 0 Å². The number of Topliss-reactive ketones (excluding diaryl/α,β-unsaturated/α-hetero) is 1. The molecule has 0 unspecified atom stereocenters. The molecule has 36 heavy (non-hydrogen) atoms. The number of carbonyl (C=O) groups is 1. The van der Waals surface area contributed by atoms with Gasteiger partial charge in [0.2, 0.25) is 0 Å². The van der Waals surface area contributed by atoms with Gasteiger partial charge >= 0.3 is 0 Å². The number of benzene rings is 2. The predicted octanol–water partition coefficient (Wildman–Crippen LogP) is 8.57. The lowest BCUT2D eigenvalue weighted by Crippen LogP contribution is -2.41. The van der Waals surface area contributed by atoms with Crippen LogP contribution < -0.4 is 4.90 Å².